The number of hydrogen-bond acceptors (Lipinski definition) is 6. The van der Waals surface area contributed by atoms with Crippen LogP contribution in [-0.2, 0) is 4.74 Å². The molecule has 2 aromatic rings. The van der Waals surface area contributed by atoms with Gasteiger partial charge in [0, 0.05) is 25.2 Å². The number of fused-ring (bicyclic) bond motifs is 1. The molecule has 8 heteroatoms. The van der Waals surface area contributed by atoms with E-state index in [-0.39, 0.29) is 18.4 Å². The maximum absolute atomic E-state index is 10.8. The van der Waals surface area contributed by atoms with Crippen LogP contribution in [0.4, 0.5) is 11.6 Å². The van der Waals surface area contributed by atoms with Crippen molar-refractivity contribution in [2.75, 3.05) is 31.2 Å². The fourth-order valence-electron chi connectivity index (χ4n) is 2.27. The summed E-state index contributed by atoms with van der Waals surface area (Å²) in [6.45, 7) is 1.68. The van der Waals surface area contributed by atoms with Gasteiger partial charge in [0.05, 0.1) is 35.3 Å². The van der Waals surface area contributed by atoms with E-state index in [4.69, 9.17) is 9.84 Å². The van der Waals surface area contributed by atoms with E-state index in [1.807, 2.05) is 4.90 Å². The third-order valence-electron chi connectivity index (χ3n) is 3.31. The number of aromatic nitrogens is 2. The van der Waals surface area contributed by atoms with E-state index in [1.54, 1.807) is 6.07 Å². The van der Waals surface area contributed by atoms with Crippen LogP contribution in [0, 0.1) is 10.1 Å². The number of imidazole rings is 1. The topological polar surface area (TPSA) is 105 Å². The number of nitrogens with one attached hydrogen (secondary N) is 1. The monoisotopic (exact) mass is 278 g/mol. The molecule has 2 N–H and O–H groups in total. The summed E-state index contributed by atoms with van der Waals surface area (Å²) in [6.07, 6.45) is -0.230. The summed E-state index contributed by atoms with van der Waals surface area (Å²) in [5, 5.41) is 19.9. The van der Waals surface area contributed by atoms with Crippen LogP contribution in [-0.4, -0.2) is 52.4 Å². The molecule has 1 atom stereocenters. The molecule has 2 heterocycles. The van der Waals surface area contributed by atoms with Crippen molar-refractivity contribution in [3.05, 3.63) is 28.3 Å². The van der Waals surface area contributed by atoms with Gasteiger partial charge < -0.3 is 19.7 Å². The quantitative estimate of drug-likeness (QED) is 0.631. The number of aromatic amines is 1. The Morgan fingerprint density at radius 1 is 1.60 bits per heavy atom. The Morgan fingerprint density at radius 2 is 2.45 bits per heavy atom. The predicted octanol–water partition coefficient (Wildman–Crippen LogP) is 0.669. The number of aliphatic hydroxyl groups excluding tert-OH is 1. The van der Waals surface area contributed by atoms with E-state index in [1.165, 1.54) is 12.1 Å². The largest absolute Gasteiger partial charge is 0.394 e. The number of nitro benzene ring substituents is 1. The molecule has 1 aromatic heterocycles. The van der Waals surface area contributed by atoms with Gasteiger partial charge in [-0.1, -0.05) is 0 Å². The van der Waals surface area contributed by atoms with Crippen LogP contribution in [0.15, 0.2) is 18.2 Å². The minimum Gasteiger partial charge on any atom is -0.394 e. The van der Waals surface area contributed by atoms with Crippen molar-refractivity contribution in [1.82, 2.24) is 9.97 Å². The van der Waals surface area contributed by atoms with Crippen LogP contribution in [0.2, 0.25) is 0 Å². The van der Waals surface area contributed by atoms with Gasteiger partial charge in [0.15, 0.2) is 0 Å². The Kier molecular flexibility index (Phi) is 3.25. The molecule has 8 nitrogen and oxygen atoms in total. The standard InChI is InChI=1S/C12H14N4O4/c17-7-9-6-15(3-4-20-9)12-13-10-2-1-8(16(18)19)5-11(10)14-12/h1-2,5,9,17H,3-4,6-7H2,(H,13,14). The molecule has 0 amide bonds. The van der Waals surface area contributed by atoms with Crippen molar-refractivity contribution in [3.63, 3.8) is 0 Å². The fourth-order valence-corrected chi connectivity index (χ4v) is 2.27. The summed E-state index contributed by atoms with van der Waals surface area (Å²) in [7, 11) is 0. The van der Waals surface area contributed by atoms with Crippen molar-refractivity contribution in [1.29, 1.82) is 0 Å². The van der Waals surface area contributed by atoms with Crippen molar-refractivity contribution in [2.45, 2.75) is 6.10 Å². The van der Waals surface area contributed by atoms with Gasteiger partial charge >= 0.3 is 0 Å². The highest BCUT2D eigenvalue weighted by Crippen LogP contribution is 2.23. The SMILES string of the molecule is O=[N+]([O-])c1ccc2nc(N3CCOC(CO)C3)[nH]c2c1. The number of ether oxygens (including phenoxy) is 1. The second kappa shape index (κ2) is 5.06. The van der Waals surface area contributed by atoms with Crippen molar-refractivity contribution >= 4 is 22.7 Å². The first-order chi connectivity index (χ1) is 9.67. The Morgan fingerprint density at radius 3 is 3.20 bits per heavy atom. The zero-order valence-electron chi connectivity index (χ0n) is 10.7. The predicted molar refractivity (Wildman–Crippen MR) is 71.8 cm³/mol. The van der Waals surface area contributed by atoms with Gasteiger partial charge in [0.2, 0.25) is 5.95 Å². The molecule has 0 bridgehead atoms. The lowest BCUT2D eigenvalue weighted by molar-refractivity contribution is -0.384. The van der Waals surface area contributed by atoms with Gasteiger partial charge in [-0.25, -0.2) is 4.98 Å². The zero-order chi connectivity index (χ0) is 14.1. The number of anilines is 1. The average molecular weight is 278 g/mol. The van der Waals surface area contributed by atoms with Gasteiger partial charge in [-0.3, -0.25) is 10.1 Å². The Balaban J connectivity index is 1.90. The third kappa shape index (κ3) is 2.30. The lowest BCUT2D eigenvalue weighted by Gasteiger charge is -2.31. The first-order valence-corrected chi connectivity index (χ1v) is 6.29. The van der Waals surface area contributed by atoms with E-state index in [9.17, 15) is 10.1 Å². The number of nitrogens with zero attached hydrogens (tertiary/aromatic N) is 3. The van der Waals surface area contributed by atoms with E-state index in [0.717, 1.165) is 0 Å². The first kappa shape index (κ1) is 12.8. The van der Waals surface area contributed by atoms with E-state index < -0.39 is 4.92 Å². The smallest absolute Gasteiger partial charge is 0.271 e. The first-order valence-electron chi connectivity index (χ1n) is 6.29. The molecule has 1 unspecified atom stereocenters. The molecular weight excluding hydrogens is 264 g/mol. The lowest BCUT2D eigenvalue weighted by atomic mass is 10.3. The van der Waals surface area contributed by atoms with E-state index >= 15 is 0 Å². The van der Waals surface area contributed by atoms with Gasteiger partial charge in [-0.2, -0.15) is 0 Å². The second-order valence-electron chi connectivity index (χ2n) is 4.64. The average Bonchev–Trinajstić information content (AvgIpc) is 2.90. The summed E-state index contributed by atoms with van der Waals surface area (Å²) in [6, 6.07) is 4.52. The van der Waals surface area contributed by atoms with Crippen LogP contribution in [0.1, 0.15) is 0 Å². The number of aliphatic hydroxyl groups is 1. The molecule has 106 valence electrons. The number of H-pyrrole nitrogens is 1. The molecule has 1 aromatic carbocycles. The molecule has 0 aliphatic carbocycles. The second-order valence-corrected chi connectivity index (χ2v) is 4.64. The molecule has 0 spiro atoms. The number of non-ortho nitro benzene ring substituents is 1. The van der Waals surface area contributed by atoms with Crippen LogP contribution in [0.25, 0.3) is 11.0 Å². The number of morpholine rings is 1. The Labute approximate surface area is 114 Å². The number of nitro groups is 1. The van der Waals surface area contributed by atoms with Crippen LogP contribution < -0.4 is 4.90 Å². The van der Waals surface area contributed by atoms with Crippen molar-refractivity contribution < 1.29 is 14.8 Å². The summed E-state index contributed by atoms with van der Waals surface area (Å²) in [5.41, 5.74) is 1.33. The third-order valence-corrected chi connectivity index (χ3v) is 3.31. The molecule has 20 heavy (non-hydrogen) atoms. The highest BCUT2D eigenvalue weighted by atomic mass is 16.6. The van der Waals surface area contributed by atoms with E-state index in [2.05, 4.69) is 9.97 Å². The number of hydrogen-bond donors (Lipinski definition) is 2. The van der Waals surface area contributed by atoms with Crippen LogP contribution in [0.5, 0.6) is 0 Å². The number of rotatable bonds is 3. The van der Waals surface area contributed by atoms with Gasteiger partial charge in [-0.15, -0.1) is 0 Å². The Hall–Kier alpha value is -2.19. The summed E-state index contributed by atoms with van der Waals surface area (Å²) < 4.78 is 5.38. The van der Waals surface area contributed by atoms with Gasteiger partial charge in [0.1, 0.15) is 0 Å². The Bertz CT molecular complexity index is 641. The number of benzene rings is 1. The molecule has 1 saturated heterocycles. The van der Waals surface area contributed by atoms with Gasteiger partial charge in [-0.05, 0) is 6.07 Å². The molecule has 1 aliphatic heterocycles. The molecule has 3 rings (SSSR count). The highest BCUT2D eigenvalue weighted by Gasteiger charge is 2.22. The van der Waals surface area contributed by atoms with Gasteiger partial charge in [0.25, 0.3) is 5.69 Å². The molecule has 0 radical (unpaired) electrons. The summed E-state index contributed by atoms with van der Waals surface area (Å²) >= 11 is 0. The molecule has 0 saturated carbocycles. The molecule has 1 aliphatic rings. The molecule has 1 fully saturated rings. The zero-order valence-corrected chi connectivity index (χ0v) is 10.7. The summed E-state index contributed by atoms with van der Waals surface area (Å²) in [4.78, 5) is 19.8. The normalized spacial score (nSPS) is 19.4. The minimum absolute atomic E-state index is 0.0305. The van der Waals surface area contributed by atoms with Crippen LogP contribution in [0.3, 0.4) is 0 Å². The molecular formula is C12H14N4O4. The fraction of sp³-hybridized carbons (Fsp3) is 0.417. The van der Waals surface area contributed by atoms with Crippen molar-refractivity contribution in [2.24, 2.45) is 0 Å². The van der Waals surface area contributed by atoms with Crippen molar-refractivity contribution in [3.8, 4) is 0 Å². The van der Waals surface area contributed by atoms with Crippen LogP contribution >= 0.6 is 0 Å². The lowest BCUT2D eigenvalue weighted by Crippen LogP contribution is -2.44. The summed E-state index contributed by atoms with van der Waals surface area (Å²) in [5.74, 6) is 0.641. The maximum atomic E-state index is 10.8. The maximum Gasteiger partial charge on any atom is 0.271 e. The highest BCUT2D eigenvalue weighted by molar-refractivity contribution is 5.80. The minimum atomic E-state index is -0.434. The van der Waals surface area contributed by atoms with E-state index in [0.29, 0.717) is 36.7 Å².